The molecule has 3 aromatic rings. The van der Waals surface area contributed by atoms with Gasteiger partial charge in [0.15, 0.2) is 0 Å². The fourth-order valence-electron chi connectivity index (χ4n) is 4.99. The average Bonchev–Trinajstić information content (AvgIpc) is 2.99. The summed E-state index contributed by atoms with van der Waals surface area (Å²) in [5, 5.41) is 7.20. The Morgan fingerprint density at radius 3 is 2.36 bits per heavy atom. The van der Waals surface area contributed by atoms with E-state index in [1.165, 1.54) is 4.90 Å². The zero-order valence-corrected chi connectivity index (χ0v) is 25.5. The van der Waals surface area contributed by atoms with Crippen molar-refractivity contribution < 1.29 is 38.3 Å². The molecule has 1 aliphatic heterocycles. The van der Waals surface area contributed by atoms with Gasteiger partial charge in [-0.05, 0) is 47.7 Å². The highest BCUT2D eigenvalue weighted by molar-refractivity contribution is 8.04. The van der Waals surface area contributed by atoms with Crippen LogP contribution in [0.2, 0.25) is 0 Å². The van der Waals surface area contributed by atoms with E-state index in [1.54, 1.807) is 30.3 Å². The summed E-state index contributed by atoms with van der Waals surface area (Å²) in [6, 6.07) is 18.4. The van der Waals surface area contributed by atoms with Crippen LogP contribution in [0.15, 0.2) is 72.8 Å². The van der Waals surface area contributed by atoms with Crippen molar-refractivity contribution in [2.75, 3.05) is 17.8 Å². The van der Waals surface area contributed by atoms with E-state index >= 15 is 0 Å². The van der Waals surface area contributed by atoms with Gasteiger partial charge < -0.3 is 35.8 Å². The lowest BCUT2D eigenvalue weighted by Crippen LogP contribution is -2.60. The molecule has 1 heterocycles. The first-order chi connectivity index (χ1) is 21.0. The number of piperidine rings is 1. The number of hydrogen-bond donors (Lipinski definition) is 5. The summed E-state index contributed by atoms with van der Waals surface area (Å²) in [6.45, 7) is 0.206. The van der Waals surface area contributed by atoms with Crippen LogP contribution in [0.5, 0.6) is 5.75 Å². The van der Waals surface area contributed by atoms with E-state index in [0.29, 0.717) is 19.3 Å². The van der Waals surface area contributed by atoms with Gasteiger partial charge >= 0.3 is 13.7 Å². The van der Waals surface area contributed by atoms with E-state index in [4.69, 9.17) is 10.5 Å². The highest BCUT2D eigenvalue weighted by atomic mass is 32.2. The molecular formula is C30H35N4O8PS. The van der Waals surface area contributed by atoms with E-state index in [9.17, 15) is 33.5 Å². The number of thioether (sulfide) groups is 1. The van der Waals surface area contributed by atoms with Crippen LogP contribution in [0.3, 0.4) is 0 Å². The molecular weight excluding hydrogens is 607 g/mol. The summed E-state index contributed by atoms with van der Waals surface area (Å²) in [6.07, 6.45) is 0.780. The van der Waals surface area contributed by atoms with Gasteiger partial charge in [-0.2, -0.15) is 0 Å². The lowest BCUT2D eigenvalue weighted by Gasteiger charge is -2.37. The van der Waals surface area contributed by atoms with E-state index in [2.05, 4.69) is 10.6 Å². The number of nitrogens with zero attached hydrogens (tertiary/aromatic N) is 1. The Morgan fingerprint density at radius 2 is 1.66 bits per heavy atom. The molecule has 6 N–H and O–H groups in total. The third-order valence-electron chi connectivity index (χ3n) is 7.09. The summed E-state index contributed by atoms with van der Waals surface area (Å²) in [4.78, 5) is 72.2. The van der Waals surface area contributed by atoms with Crippen LogP contribution in [-0.4, -0.2) is 74.4 Å². The van der Waals surface area contributed by atoms with Crippen LogP contribution in [0.25, 0.3) is 10.8 Å². The predicted molar refractivity (Wildman–Crippen MR) is 167 cm³/mol. The van der Waals surface area contributed by atoms with Crippen LogP contribution in [-0.2, 0) is 25.4 Å². The second-order valence-electron chi connectivity index (χ2n) is 10.5. The lowest BCUT2D eigenvalue weighted by atomic mass is 9.98. The molecule has 234 valence electrons. The van der Waals surface area contributed by atoms with Gasteiger partial charge in [0.2, 0.25) is 17.7 Å². The van der Waals surface area contributed by atoms with Crippen molar-refractivity contribution in [2.45, 2.75) is 43.8 Å². The number of carbonyl (C=O) groups is 4. The Balaban J connectivity index is 1.47. The molecule has 4 rings (SSSR count). The summed E-state index contributed by atoms with van der Waals surface area (Å²) in [5.41, 5.74) is 5.90. The fourth-order valence-corrected chi connectivity index (χ4v) is 6.83. The van der Waals surface area contributed by atoms with Crippen molar-refractivity contribution in [1.82, 2.24) is 15.5 Å². The number of hydrogen-bond acceptors (Lipinski definition) is 7. The summed E-state index contributed by atoms with van der Waals surface area (Å²) in [7, 11) is -4.38. The van der Waals surface area contributed by atoms with Crippen molar-refractivity contribution >= 4 is 53.9 Å². The highest BCUT2D eigenvalue weighted by Gasteiger charge is 2.37. The van der Waals surface area contributed by atoms with Crippen LogP contribution in [0.4, 0.5) is 4.79 Å². The van der Waals surface area contributed by atoms with E-state index in [0.717, 1.165) is 28.1 Å². The normalized spacial score (nSPS) is 16.5. The van der Waals surface area contributed by atoms with E-state index in [1.807, 2.05) is 42.5 Å². The number of nitrogens with one attached hydrogen (secondary N) is 2. The van der Waals surface area contributed by atoms with Crippen molar-refractivity contribution in [3.63, 3.8) is 0 Å². The number of para-hydroxylation sites is 1. The Hall–Kier alpha value is -3.90. The Labute approximate surface area is 258 Å². The molecule has 3 atom stereocenters. The molecule has 12 nitrogen and oxygen atoms in total. The largest absolute Gasteiger partial charge is 0.413 e. The minimum Gasteiger partial charge on any atom is -0.410 e. The van der Waals surface area contributed by atoms with Crippen molar-refractivity contribution in [2.24, 2.45) is 5.73 Å². The Kier molecular flexibility index (Phi) is 11.4. The Morgan fingerprint density at radius 1 is 0.955 bits per heavy atom. The van der Waals surface area contributed by atoms with Crippen LogP contribution >= 0.6 is 19.4 Å². The topological polar surface area (TPSA) is 188 Å². The molecule has 0 saturated carbocycles. The Bertz CT molecular complexity index is 1540. The number of rotatable bonds is 12. The van der Waals surface area contributed by atoms with Gasteiger partial charge in [0.05, 0.1) is 5.49 Å². The molecule has 1 aliphatic rings. The van der Waals surface area contributed by atoms with Crippen molar-refractivity contribution in [1.29, 1.82) is 0 Å². The van der Waals surface area contributed by atoms with Gasteiger partial charge in [-0.1, -0.05) is 60.7 Å². The number of nitrogens with two attached hydrogens (primary N) is 1. The zero-order valence-electron chi connectivity index (χ0n) is 23.8. The first-order valence-electron chi connectivity index (χ1n) is 14.0. The van der Waals surface area contributed by atoms with Gasteiger partial charge in [-0.15, -0.1) is 11.8 Å². The number of primary amides is 1. The van der Waals surface area contributed by atoms with E-state index < -0.39 is 55.0 Å². The number of likely N-dealkylation sites (tertiary alicyclic amines) is 1. The maximum Gasteiger partial charge on any atom is 0.413 e. The van der Waals surface area contributed by atoms with Crippen molar-refractivity contribution in [3.05, 3.63) is 78.4 Å². The molecule has 44 heavy (non-hydrogen) atoms. The van der Waals surface area contributed by atoms with E-state index in [-0.39, 0.29) is 24.5 Å². The van der Waals surface area contributed by atoms with Crippen LogP contribution in [0.1, 0.15) is 24.8 Å². The molecule has 1 saturated heterocycles. The van der Waals surface area contributed by atoms with Crippen LogP contribution in [0, 0.1) is 0 Å². The van der Waals surface area contributed by atoms with Crippen LogP contribution < -0.4 is 21.1 Å². The third-order valence-corrected chi connectivity index (χ3v) is 9.73. The molecule has 0 aromatic heterocycles. The molecule has 4 amide bonds. The first kappa shape index (κ1) is 33.0. The minimum atomic E-state index is -4.38. The fraction of sp³-hybridized carbons (Fsp3) is 0.333. The van der Waals surface area contributed by atoms with Gasteiger partial charge in [0.25, 0.3) is 0 Å². The number of benzene rings is 3. The molecule has 0 unspecified atom stereocenters. The summed E-state index contributed by atoms with van der Waals surface area (Å²) >= 11 is 0.792. The smallest absolute Gasteiger partial charge is 0.410 e. The molecule has 14 heteroatoms. The van der Waals surface area contributed by atoms with Gasteiger partial charge in [-0.25, -0.2) is 4.79 Å². The quantitative estimate of drug-likeness (QED) is 0.185. The molecule has 0 aliphatic carbocycles. The van der Waals surface area contributed by atoms with Gasteiger partial charge in [-0.3, -0.25) is 18.9 Å². The second kappa shape index (κ2) is 15.2. The number of carbonyl (C=O) groups excluding carboxylic acids is 4. The summed E-state index contributed by atoms with van der Waals surface area (Å²) in [5.74, 6) is -1.84. The molecule has 3 aromatic carbocycles. The maximum absolute atomic E-state index is 13.8. The number of ether oxygens (including phenoxy) is 1. The SMILES string of the molecule is NC(=O)[C@H](Cc1ccc2ccccc2c1)NC(=O)[C@@H]1CCCCN1C(=O)[C@H](CSCP(=O)(O)O)NC(=O)Oc1ccccc1. The molecule has 0 bridgehead atoms. The van der Waals surface area contributed by atoms with Crippen molar-refractivity contribution in [3.8, 4) is 5.75 Å². The standard InChI is InChI=1S/C30H35N4O8PS/c31-27(35)24(17-20-13-14-21-8-4-5-9-22(21)16-20)32-28(36)26-12-6-7-15-34(26)29(37)25(18-44-19-43(39,40)41)33-30(38)42-23-10-2-1-3-11-23/h1-5,8-11,13-14,16,24-26H,6-7,12,15,17-19H2,(H2,31,35)(H,32,36)(H,33,38)(H2,39,40,41)/t24-,25-,26-/m0/s1. The molecule has 0 spiro atoms. The summed E-state index contributed by atoms with van der Waals surface area (Å²) < 4.78 is 16.7. The minimum absolute atomic E-state index is 0.154. The average molecular weight is 643 g/mol. The predicted octanol–water partition coefficient (Wildman–Crippen LogP) is 2.76. The van der Waals surface area contributed by atoms with Gasteiger partial charge in [0.1, 0.15) is 23.9 Å². The molecule has 0 radical (unpaired) electrons. The highest BCUT2D eigenvalue weighted by Crippen LogP contribution is 2.38. The monoisotopic (exact) mass is 642 g/mol. The van der Waals surface area contributed by atoms with Gasteiger partial charge in [0, 0.05) is 18.7 Å². The second-order valence-corrected chi connectivity index (χ2v) is 13.6. The zero-order chi connectivity index (χ0) is 31.7. The number of amides is 4. The molecule has 1 fully saturated rings. The lowest BCUT2D eigenvalue weighted by molar-refractivity contribution is -0.144. The maximum atomic E-state index is 13.8. The number of fused-ring (bicyclic) bond motifs is 1. The first-order valence-corrected chi connectivity index (χ1v) is 17.0. The third kappa shape index (κ3) is 9.55.